The van der Waals surface area contributed by atoms with E-state index in [0.717, 1.165) is 24.1 Å². The number of benzene rings is 1. The van der Waals surface area contributed by atoms with Crippen molar-refractivity contribution in [3.63, 3.8) is 0 Å². The summed E-state index contributed by atoms with van der Waals surface area (Å²) in [6.45, 7) is 13.7. The van der Waals surface area contributed by atoms with Crippen LogP contribution < -0.4 is 0 Å². The molecule has 0 amide bonds. The fraction of sp³-hybridized carbons (Fsp3) is 0.600. The van der Waals surface area contributed by atoms with Crippen LogP contribution in [0, 0.1) is 18.3 Å². The summed E-state index contributed by atoms with van der Waals surface area (Å²) in [7, 11) is -1.91. The Morgan fingerprint density at radius 2 is 2.11 bits per heavy atom. The van der Waals surface area contributed by atoms with Gasteiger partial charge in [-0.3, -0.25) is 5.01 Å². The first-order chi connectivity index (χ1) is 12.5. The van der Waals surface area contributed by atoms with Gasteiger partial charge in [0, 0.05) is 6.54 Å². The molecule has 0 aromatic heterocycles. The maximum atomic E-state index is 9.93. The van der Waals surface area contributed by atoms with Crippen LogP contribution in [0.1, 0.15) is 43.9 Å². The highest BCUT2D eigenvalue weighted by atomic mass is 35.5. The molecule has 0 radical (unpaired) electrons. The molecule has 1 saturated heterocycles. The summed E-state index contributed by atoms with van der Waals surface area (Å²) in [5, 5.41) is 26.1. The Hall–Kier alpha value is -1.39. The molecule has 148 valence electrons. The van der Waals surface area contributed by atoms with Gasteiger partial charge >= 0.3 is 0 Å². The van der Waals surface area contributed by atoms with E-state index in [2.05, 4.69) is 45.0 Å². The van der Waals surface area contributed by atoms with Crippen molar-refractivity contribution in [1.82, 2.24) is 5.01 Å². The molecular formula is C20H30ClN3O2Si. The molecule has 0 spiro atoms. The summed E-state index contributed by atoms with van der Waals surface area (Å²) in [6, 6.07) is 5.48. The number of hydrazone groups is 1. The Balaban J connectivity index is 2.16. The van der Waals surface area contributed by atoms with Crippen molar-refractivity contribution in [2.45, 2.75) is 64.4 Å². The maximum absolute atomic E-state index is 9.93. The molecule has 1 heterocycles. The van der Waals surface area contributed by atoms with E-state index in [1.54, 1.807) is 12.3 Å². The Kier molecular flexibility index (Phi) is 6.75. The predicted molar refractivity (Wildman–Crippen MR) is 113 cm³/mol. The van der Waals surface area contributed by atoms with Gasteiger partial charge in [-0.2, -0.15) is 10.4 Å². The highest BCUT2D eigenvalue weighted by Crippen LogP contribution is 2.39. The van der Waals surface area contributed by atoms with E-state index in [1.165, 1.54) is 0 Å². The maximum Gasteiger partial charge on any atom is 0.192 e. The third-order valence-electron chi connectivity index (χ3n) is 5.79. The number of halogens is 1. The SMILES string of the molecule is Cc1c(/C=N/N2CC[C@H](O[Si](C)(C)C(C)(C)C)[C@H]2CO)ccc(C#N)c1Cl. The number of rotatable bonds is 5. The van der Waals surface area contributed by atoms with Crippen LogP contribution in [0.5, 0.6) is 0 Å². The third-order valence-corrected chi connectivity index (χ3v) is 10.8. The summed E-state index contributed by atoms with van der Waals surface area (Å²) in [4.78, 5) is 0. The van der Waals surface area contributed by atoms with Crippen LogP contribution in [0.4, 0.5) is 0 Å². The molecular weight excluding hydrogens is 378 g/mol. The van der Waals surface area contributed by atoms with Crippen LogP contribution in [0.25, 0.3) is 0 Å². The monoisotopic (exact) mass is 407 g/mol. The summed E-state index contributed by atoms with van der Waals surface area (Å²) in [5.41, 5.74) is 2.15. The van der Waals surface area contributed by atoms with Gasteiger partial charge in [0.15, 0.2) is 8.32 Å². The normalized spacial score (nSPS) is 21.1. The fourth-order valence-corrected chi connectivity index (χ4v) is 4.52. The minimum absolute atomic E-state index is 0.00371. The van der Waals surface area contributed by atoms with E-state index in [-0.39, 0.29) is 23.8 Å². The van der Waals surface area contributed by atoms with Gasteiger partial charge in [-0.25, -0.2) is 0 Å². The average molecular weight is 408 g/mol. The quantitative estimate of drug-likeness (QED) is 0.583. The lowest BCUT2D eigenvalue weighted by molar-refractivity contribution is 0.0791. The number of hydrogen-bond donors (Lipinski definition) is 1. The first-order valence-electron chi connectivity index (χ1n) is 9.30. The molecule has 1 aromatic rings. The van der Waals surface area contributed by atoms with E-state index in [9.17, 15) is 5.11 Å². The van der Waals surface area contributed by atoms with Crippen molar-refractivity contribution in [1.29, 1.82) is 5.26 Å². The summed E-state index contributed by atoms with van der Waals surface area (Å²) in [6.07, 6.45) is 2.58. The molecule has 27 heavy (non-hydrogen) atoms. The molecule has 5 nitrogen and oxygen atoms in total. The van der Waals surface area contributed by atoms with Crippen LogP contribution in [0.2, 0.25) is 23.2 Å². The van der Waals surface area contributed by atoms with Gasteiger partial charge < -0.3 is 9.53 Å². The minimum Gasteiger partial charge on any atom is -0.412 e. The molecule has 0 saturated carbocycles. The van der Waals surface area contributed by atoms with Crippen molar-refractivity contribution in [2.75, 3.05) is 13.2 Å². The second-order valence-corrected chi connectivity index (χ2v) is 13.8. The van der Waals surface area contributed by atoms with Crippen molar-refractivity contribution in [3.05, 3.63) is 33.8 Å². The first-order valence-corrected chi connectivity index (χ1v) is 12.6. The van der Waals surface area contributed by atoms with Gasteiger partial charge in [0.25, 0.3) is 0 Å². The third kappa shape index (κ3) is 4.72. The lowest BCUT2D eigenvalue weighted by atomic mass is 10.1. The minimum atomic E-state index is -1.91. The molecule has 1 aliphatic rings. The Morgan fingerprint density at radius 3 is 2.67 bits per heavy atom. The predicted octanol–water partition coefficient (Wildman–Crippen LogP) is 4.31. The van der Waals surface area contributed by atoms with Crippen molar-refractivity contribution in [2.24, 2.45) is 5.10 Å². The zero-order valence-electron chi connectivity index (χ0n) is 17.1. The van der Waals surface area contributed by atoms with Gasteiger partial charge in [0.1, 0.15) is 6.07 Å². The molecule has 2 atom stereocenters. The summed E-state index contributed by atoms with van der Waals surface area (Å²) < 4.78 is 6.53. The van der Waals surface area contributed by atoms with Crippen LogP contribution in [-0.2, 0) is 4.43 Å². The van der Waals surface area contributed by atoms with E-state index in [0.29, 0.717) is 10.6 Å². The van der Waals surface area contributed by atoms with Crippen molar-refractivity contribution < 1.29 is 9.53 Å². The van der Waals surface area contributed by atoms with Crippen molar-refractivity contribution in [3.8, 4) is 6.07 Å². The molecule has 0 bridgehead atoms. The fourth-order valence-electron chi connectivity index (χ4n) is 2.92. The zero-order valence-corrected chi connectivity index (χ0v) is 18.8. The van der Waals surface area contributed by atoms with Gasteiger partial charge in [-0.15, -0.1) is 0 Å². The topological polar surface area (TPSA) is 68.8 Å². The number of nitriles is 1. The Morgan fingerprint density at radius 1 is 1.44 bits per heavy atom. The van der Waals surface area contributed by atoms with Crippen LogP contribution >= 0.6 is 11.6 Å². The zero-order chi connectivity index (χ0) is 20.4. The summed E-state index contributed by atoms with van der Waals surface area (Å²) >= 11 is 6.24. The second kappa shape index (κ2) is 8.32. The van der Waals surface area contributed by atoms with Crippen LogP contribution in [0.3, 0.4) is 0 Å². The lowest BCUT2D eigenvalue weighted by Crippen LogP contribution is -2.48. The number of hydrogen-bond acceptors (Lipinski definition) is 5. The lowest BCUT2D eigenvalue weighted by Gasteiger charge is -2.39. The van der Waals surface area contributed by atoms with E-state index >= 15 is 0 Å². The van der Waals surface area contributed by atoms with Gasteiger partial charge in [0.2, 0.25) is 0 Å². The molecule has 1 fully saturated rings. The van der Waals surface area contributed by atoms with Gasteiger partial charge in [-0.1, -0.05) is 38.4 Å². The van der Waals surface area contributed by atoms with E-state index < -0.39 is 8.32 Å². The van der Waals surface area contributed by atoms with Gasteiger partial charge in [-0.05, 0) is 48.7 Å². The number of nitrogens with zero attached hydrogens (tertiary/aromatic N) is 3. The van der Waals surface area contributed by atoms with E-state index in [4.69, 9.17) is 21.3 Å². The molecule has 1 aromatic carbocycles. The molecule has 0 aliphatic carbocycles. The largest absolute Gasteiger partial charge is 0.412 e. The second-order valence-electron chi connectivity index (χ2n) is 8.62. The molecule has 0 unspecified atom stereocenters. The first kappa shape index (κ1) is 21.9. The molecule has 2 rings (SSSR count). The molecule has 1 N–H and O–H groups in total. The van der Waals surface area contributed by atoms with Crippen LogP contribution in [0.15, 0.2) is 17.2 Å². The molecule has 7 heteroatoms. The highest BCUT2D eigenvalue weighted by molar-refractivity contribution is 6.74. The average Bonchev–Trinajstić information content (AvgIpc) is 2.96. The van der Waals surface area contributed by atoms with E-state index in [1.807, 2.05) is 18.0 Å². The van der Waals surface area contributed by atoms with Crippen molar-refractivity contribution >= 4 is 26.1 Å². The van der Waals surface area contributed by atoms with Gasteiger partial charge in [0.05, 0.1) is 35.6 Å². The molecule has 1 aliphatic heterocycles. The Bertz CT molecular complexity index is 753. The highest BCUT2D eigenvalue weighted by Gasteiger charge is 2.43. The standard InChI is InChI=1S/C20H30ClN3O2Si/c1-14-16(8-7-15(11-22)19(14)21)12-23-24-10-9-18(17(24)13-25)26-27(5,6)20(2,3)4/h7-8,12,17-18,25H,9-10,13H2,1-6H3/b23-12+/t17-,18+/m1/s1. The summed E-state index contributed by atoms with van der Waals surface area (Å²) in [5.74, 6) is 0. The van der Waals surface area contributed by atoms with Crippen LogP contribution in [-0.4, -0.2) is 49.9 Å². The number of aliphatic hydroxyl groups excluding tert-OH is 1. The number of aliphatic hydroxyl groups is 1. The Labute approximate surface area is 168 Å². The smallest absolute Gasteiger partial charge is 0.192 e.